The van der Waals surface area contributed by atoms with Crippen molar-refractivity contribution in [3.8, 4) is 0 Å². The van der Waals surface area contributed by atoms with E-state index in [0.29, 0.717) is 0 Å². The summed E-state index contributed by atoms with van der Waals surface area (Å²) < 4.78 is 1.38. The number of amides is 1. The van der Waals surface area contributed by atoms with Crippen molar-refractivity contribution in [3.05, 3.63) is 30.6 Å². The van der Waals surface area contributed by atoms with Crippen LogP contribution in [0.1, 0.15) is 12.8 Å². The maximum absolute atomic E-state index is 11.8. The molecule has 1 aliphatic heterocycles. The number of nitrogens with zero attached hydrogens (tertiary/aromatic N) is 5. The van der Waals surface area contributed by atoms with Crippen LogP contribution in [-0.2, 0) is 11.3 Å². The Kier molecular flexibility index (Phi) is 3.58. The molecule has 7 heteroatoms. The SMILES string of the molecule is O=C(Cn1cnnn1)Nc1ccc(N2CCCC2)cc1. The molecule has 0 atom stereocenters. The predicted molar refractivity (Wildman–Crippen MR) is 74.3 cm³/mol. The fourth-order valence-corrected chi connectivity index (χ4v) is 2.33. The fourth-order valence-electron chi connectivity index (χ4n) is 2.33. The number of nitrogens with one attached hydrogen (secondary N) is 1. The molecule has 1 saturated heterocycles. The molecule has 1 amide bonds. The molecule has 104 valence electrons. The van der Waals surface area contributed by atoms with Crippen LogP contribution in [0.3, 0.4) is 0 Å². The minimum absolute atomic E-state index is 0.112. The average molecular weight is 272 g/mol. The van der Waals surface area contributed by atoms with E-state index < -0.39 is 0 Å². The summed E-state index contributed by atoms with van der Waals surface area (Å²) in [4.78, 5) is 14.1. The van der Waals surface area contributed by atoms with E-state index in [0.717, 1.165) is 18.8 Å². The van der Waals surface area contributed by atoms with E-state index in [9.17, 15) is 4.79 Å². The van der Waals surface area contributed by atoms with Crippen LogP contribution >= 0.6 is 0 Å². The van der Waals surface area contributed by atoms with Crippen LogP contribution in [-0.4, -0.2) is 39.2 Å². The Morgan fingerprint density at radius 1 is 1.20 bits per heavy atom. The molecule has 2 heterocycles. The van der Waals surface area contributed by atoms with Crippen molar-refractivity contribution in [2.24, 2.45) is 0 Å². The number of benzene rings is 1. The Morgan fingerprint density at radius 3 is 2.60 bits per heavy atom. The fraction of sp³-hybridized carbons (Fsp3) is 0.385. The molecule has 0 spiro atoms. The first-order chi connectivity index (χ1) is 9.81. The largest absolute Gasteiger partial charge is 0.372 e. The Bertz CT molecular complexity index is 559. The van der Waals surface area contributed by atoms with E-state index in [1.165, 1.54) is 29.5 Å². The zero-order valence-corrected chi connectivity index (χ0v) is 11.1. The normalized spacial score (nSPS) is 14.5. The quantitative estimate of drug-likeness (QED) is 0.895. The van der Waals surface area contributed by atoms with Gasteiger partial charge in [0, 0.05) is 24.5 Å². The maximum Gasteiger partial charge on any atom is 0.246 e. The molecular weight excluding hydrogens is 256 g/mol. The van der Waals surface area contributed by atoms with E-state index >= 15 is 0 Å². The number of hydrogen-bond donors (Lipinski definition) is 1. The van der Waals surface area contributed by atoms with Gasteiger partial charge in [-0.3, -0.25) is 4.79 Å². The van der Waals surface area contributed by atoms with Gasteiger partial charge >= 0.3 is 0 Å². The van der Waals surface area contributed by atoms with Crippen LogP contribution in [0.15, 0.2) is 30.6 Å². The van der Waals surface area contributed by atoms with Crippen LogP contribution in [0.5, 0.6) is 0 Å². The van der Waals surface area contributed by atoms with Crippen LogP contribution in [0.2, 0.25) is 0 Å². The molecule has 1 fully saturated rings. The summed E-state index contributed by atoms with van der Waals surface area (Å²) in [7, 11) is 0. The molecule has 1 aromatic carbocycles. The molecule has 1 aliphatic rings. The number of anilines is 2. The van der Waals surface area contributed by atoms with E-state index in [-0.39, 0.29) is 12.5 Å². The number of aromatic nitrogens is 4. The average Bonchev–Trinajstić information content (AvgIpc) is 3.12. The number of carbonyl (C=O) groups excluding carboxylic acids is 1. The lowest BCUT2D eigenvalue weighted by Crippen LogP contribution is -2.20. The van der Waals surface area contributed by atoms with Gasteiger partial charge in [-0.1, -0.05) is 0 Å². The topological polar surface area (TPSA) is 75.9 Å². The summed E-state index contributed by atoms with van der Waals surface area (Å²) in [5.74, 6) is -0.147. The third kappa shape index (κ3) is 2.93. The lowest BCUT2D eigenvalue weighted by atomic mass is 10.2. The lowest BCUT2D eigenvalue weighted by Gasteiger charge is -2.17. The molecule has 0 bridgehead atoms. The predicted octanol–water partition coefficient (Wildman–Crippen LogP) is 0.912. The van der Waals surface area contributed by atoms with Gasteiger partial charge in [-0.05, 0) is 47.5 Å². The van der Waals surface area contributed by atoms with Crippen molar-refractivity contribution >= 4 is 17.3 Å². The first-order valence-electron chi connectivity index (χ1n) is 6.67. The summed E-state index contributed by atoms with van der Waals surface area (Å²) in [6.07, 6.45) is 3.92. The second-order valence-electron chi connectivity index (χ2n) is 4.80. The molecule has 3 rings (SSSR count). The highest BCUT2D eigenvalue weighted by molar-refractivity contribution is 5.90. The van der Waals surface area contributed by atoms with Crippen molar-refractivity contribution in [2.75, 3.05) is 23.3 Å². The maximum atomic E-state index is 11.8. The molecule has 7 nitrogen and oxygen atoms in total. The summed E-state index contributed by atoms with van der Waals surface area (Å²) >= 11 is 0. The molecular formula is C13H16N6O. The molecule has 0 radical (unpaired) electrons. The van der Waals surface area contributed by atoms with E-state index in [4.69, 9.17) is 0 Å². The van der Waals surface area contributed by atoms with Crippen LogP contribution in [0, 0.1) is 0 Å². The molecule has 2 aromatic rings. The van der Waals surface area contributed by atoms with Crippen molar-refractivity contribution in [2.45, 2.75) is 19.4 Å². The third-order valence-electron chi connectivity index (χ3n) is 3.32. The van der Waals surface area contributed by atoms with Crippen LogP contribution in [0.4, 0.5) is 11.4 Å². The van der Waals surface area contributed by atoms with E-state index in [1.807, 2.05) is 24.3 Å². The first kappa shape index (κ1) is 12.6. The van der Waals surface area contributed by atoms with Crippen molar-refractivity contribution < 1.29 is 4.79 Å². The highest BCUT2D eigenvalue weighted by atomic mass is 16.2. The Labute approximate surface area is 116 Å². The number of hydrogen-bond acceptors (Lipinski definition) is 5. The zero-order valence-electron chi connectivity index (χ0n) is 11.1. The van der Waals surface area contributed by atoms with Gasteiger partial charge in [0.15, 0.2) is 0 Å². The minimum atomic E-state index is -0.147. The van der Waals surface area contributed by atoms with Crippen LogP contribution in [0.25, 0.3) is 0 Å². The highest BCUT2D eigenvalue weighted by Crippen LogP contribution is 2.21. The van der Waals surface area contributed by atoms with Gasteiger partial charge in [0.05, 0.1) is 0 Å². The first-order valence-corrected chi connectivity index (χ1v) is 6.67. The Balaban J connectivity index is 1.58. The molecule has 0 saturated carbocycles. The number of tetrazole rings is 1. The number of carbonyl (C=O) groups is 1. The Hall–Kier alpha value is -2.44. The smallest absolute Gasteiger partial charge is 0.246 e. The summed E-state index contributed by atoms with van der Waals surface area (Å²) in [6.45, 7) is 2.34. The van der Waals surface area contributed by atoms with E-state index in [1.54, 1.807) is 0 Å². The van der Waals surface area contributed by atoms with Gasteiger partial charge in [0.25, 0.3) is 0 Å². The van der Waals surface area contributed by atoms with Crippen molar-refractivity contribution in [1.29, 1.82) is 0 Å². The third-order valence-corrected chi connectivity index (χ3v) is 3.32. The zero-order chi connectivity index (χ0) is 13.8. The summed E-state index contributed by atoms with van der Waals surface area (Å²) in [5, 5.41) is 13.4. The van der Waals surface area contributed by atoms with E-state index in [2.05, 4.69) is 25.7 Å². The molecule has 0 aliphatic carbocycles. The molecule has 0 unspecified atom stereocenters. The van der Waals surface area contributed by atoms with Gasteiger partial charge in [0.2, 0.25) is 5.91 Å². The lowest BCUT2D eigenvalue weighted by molar-refractivity contribution is -0.116. The minimum Gasteiger partial charge on any atom is -0.372 e. The monoisotopic (exact) mass is 272 g/mol. The second kappa shape index (κ2) is 5.68. The van der Waals surface area contributed by atoms with Crippen molar-refractivity contribution in [3.63, 3.8) is 0 Å². The highest BCUT2D eigenvalue weighted by Gasteiger charge is 2.12. The molecule has 1 aromatic heterocycles. The summed E-state index contributed by atoms with van der Waals surface area (Å²) in [5.41, 5.74) is 1.99. The van der Waals surface area contributed by atoms with Crippen LogP contribution < -0.4 is 10.2 Å². The molecule has 1 N–H and O–H groups in total. The standard InChI is InChI=1S/C13H16N6O/c20-13(9-19-10-14-16-17-19)15-11-3-5-12(6-4-11)18-7-1-2-8-18/h3-6,10H,1-2,7-9H2,(H,15,20). The summed E-state index contributed by atoms with van der Waals surface area (Å²) in [6, 6.07) is 7.92. The van der Waals surface area contributed by atoms with Gasteiger partial charge < -0.3 is 10.2 Å². The Morgan fingerprint density at radius 2 is 1.95 bits per heavy atom. The van der Waals surface area contributed by atoms with Gasteiger partial charge in [-0.15, -0.1) is 5.10 Å². The van der Waals surface area contributed by atoms with Gasteiger partial charge in [0.1, 0.15) is 12.9 Å². The van der Waals surface area contributed by atoms with Crippen molar-refractivity contribution in [1.82, 2.24) is 20.2 Å². The second-order valence-corrected chi connectivity index (χ2v) is 4.80. The van der Waals surface area contributed by atoms with Gasteiger partial charge in [-0.2, -0.15) is 0 Å². The van der Waals surface area contributed by atoms with Gasteiger partial charge in [-0.25, -0.2) is 4.68 Å². The number of rotatable bonds is 4. The molecule has 20 heavy (non-hydrogen) atoms.